The number of carbonyl (C=O) groups is 2. The van der Waals surface area contributed by atoms with Crippen LogP contribution >= 0.6 is 0 Å². The maximum absolute atomic E-state index is 13.2. The van der Waals surface area contributed by atoms with E-state index < -0.39 is 11.0 Å². The number of hydrogen-bond acceptors (Lipinski definition) is 5. The van der Waals surface area contributed by atoms with Crippen LogP contribution in [-0.2, 0) is 14.9 Å². The van der Waals surface area contributed by atoms with E-state index in [1.807, 2.05) is 45.0 Å². The molecule has 2 aromatic carbocycles. The summed E-state index contributed by atoms with van der Waals surface area (Å²) >= 11 is 0. The van der Waals surface area contributed by atoms with Gasteiger partial charge in [0.15, 0.2) is 11.5 Å². The fourth-order valence-corrected chi connectivity index (χ4v) is 5.16. The van der Waals surface area contributed by atoms with Crippen molar-refractivity contribution in [1.29, 1.82) is 0 Å². The Labute approximate surface area is 216 Å². The predicted octanol–water partition coefficient (Wildman–Crippen LogP) is 5.67. The first-order valence-electron chi connectivity index (χ1n) is 12.9. The van der Waals surface area contributed by atoms with Crippen LogP contribution < -0.4 is 10.1 Å². The number of anilines is 1. The van der Waals surface area contributed by atoms with Gasteiger partial charge in [0.1, 0.15) is 5.60 Å². The molecule has 0 radical (unpaired) electrons. The lowest BCUT2D eigenvalue weighted by molar-refractivity contribution is -0.118. The molecule has 8 heteroatoms. The Kier molecular flexibility index (Phi) is 6.30. The van der Waals surface area contributed by atoms with Crippen molar-refractivity contribution in [2.24, 2.45) is 0 Å². The number of aromatic nitrogens is 1. The molecule has 37 heavy (non-hydrogen) atoms. The lowest BCUT2D eigenvalue weighted by atomic mass is 9.93. The van der Waals surface area contributed by atoms with E-state index in [4.69, 9.17) is 9.47 Å². The summed E-state index contributed by atoms with van der Waals surface area (Å²) in [7, 11) is 1.50. The van der Waals surface area contributed by atoms with Crippen LogP contribution in [0.2, 0.25) is 0 Å². The molecule has 8 nitrogen and oxygen atoms in total. The van der Waals surface area contributed by atoms with Crippen LogP contribution in [0.25, 0.3) is 10.9 Å². The standard InChI is InChI=1S/C29H35N3O5/c1-28(2,3)37-27(35)32-13-9-18(10-14-32)23-16-19-15-21(6-7-22(19)31-23)30-26(34)29(11-12-29)20-5-8-25(36-4)24(33)17-20/h5-8,15-18,31,33H,9-14H2,1-4H3,(H,30,34). The summed E-state index contributed by atoms with van der Waals surface area (Å²) in [4.78, 5) is 30.9. The van der Waals surface area contributed by atoms with Crippen LogP contribution in [0, 0.1) is 0 Å². The van der Waals surface area contributed by atoms with Crippen molar-refractivity contribution in [2.75, 3.05) is 25.5 Å². The number of aromatic amines is 1. The topological polar surface area (TPSA) is 104 Å². The van der Waals surface area contributed by atoms with Gasteiger partial charge in [0.05, 0.1) is 12.5 Å². The van der Waals surface area contributed by atoms with Gasteiger partial charge in [-0.05, 0) is 88.4 Å². The highest BCUT2D eigenvalue weighted by atomic mass is 16.6. The van der Waals surface area contributed by atoms with Gasteiger partial charge in [-0.1, -0.05) is 6.07 Å². The highest BCUT2D eigenvalue weighted by Crippen LogP contribution is 2.50. The highest BCUT2D eigenvalue weighted by Gasteiger charge is 2.51. The van der Waals surface area contributed by atoms with E-state index >= 15 is 0 Å². The minimum absolute atomic E-state index is 0.0391. The first-order valence-corrected chi connectivity index (χ1v) is 12.9. The summed E-state index contributed by atoms with van der Waals surface area (Å²) < 4.78 is 10.6. The van der Waals surface area contributed by atoms with Gasteiger partial charge in [-0.15, -0.1) is 0 Å². The zero-order valence-corrected chi connectivity index (χ0v) is 21.9. The normalized spacial score (nSPS) is 17.5. The quantitative estimate of drug-likeness (QED) is 0.415. The van der Waals surface area contributed by atoms with Gasteiger partial charge in [-0.25, -0.2) is 4.79 Å². The van der Waals surface area contributed by atoms with E-state index in [0.29, 0.717) is 24.8 Å². The lowest BCUT2D eigenvalue weighted by Crippen LogP contribution is -2.41. The minimum Gasteiger partial charge on any atom is -0.504 e. The van der Waals surface area contributed by atoms with Gasteiger partial charge < -0.3 is 29.8 Å². The van der Waals surface area contributed by atoms with Crippen LogP contribution in [0.5, 0.6) is 11.5 Å². The number of nitrogens with one attached hydrogen (secondary N) is 2. The second-order valence-corrected chi connectivity index (χ2v) is 11.2. The number of ether oxygens (including phenoxy) is 2. The summed E-state index contributed by atoms with van der Waals surface area (Å²) in [6.45, 7) is 6.98. The number of likely N-dealkylation sites (tertiary alicyclic amines) is 1. The summed E-state index contributed by atoms with van der Waals surface area (Å²) in [5, 5.41) is 14.3. The third-order valence-corrected chi connectivity index (χ3v) is 7.40. The first-order chi connectivity index (χ1) is 17.6. The number of carbonyl (C=O) groups excluding carboxylic acids is 2. The Morgan fingerprint density at radius 3 is 2.43 bits per heavy atom. The van der Waals surface area contributed by atoms with Gasteiger partial charge in [0.25, 0.3) is 0 Å². The van der Waals surface area contributed by atoms with Crippen molar-refractivity contribution < 1.29 is 24.2 Å². The molecule has 2 heterocycles. The van der Waals surface area contributed by atoms with Crippen molar-refractivity contribution in [1.82, 2.24) is 9.88 Å². The Morgan fingerprint density at radius 1 is 1.08 bits per heavy atom. The molecule has 1 aromatic heterocycles. The zero-order valence-electron chi connectivity index (χ0n) is 21.9. The van der Waals surface area contributed by atoms with Crippen molar-refractivity contribution in [3.8, 4) is 11.5 Å². The maximum Gasteiger partial charge on any atom is 0.410 e. The van der Waals surface area contributed by atoms with Crippen molar-refractivity contribution in [2.45, 2.75) is 63.4 Å². The van der Waals surface area contributed by atoms with Crippen molar-refractivity contribution >= 4 is 28.6 Å². The molecule has 0 atom stereocenters. The Hall–Kier alpha value is -3.68. The van der Waals surface area contributed by atoms with Gasteiger partial charge in [0, 0.05) is 41.3 Å². The SMILES string of the molecule is COc1ccc(C2(C(=O)Nc3ccc4[nH]c(C5CCN(C(=O)OC(C)(C)C)CC5)cc4c3)CC2)cc1O. The third-order valence-electron chi connectivity index (χ3n) is 7.40. The molecular formula is C29H35N3O5. The number of amides is 2. The van der Waals surface area contributed by atoms with Gasteiger partial charge in [0.2, 0.25) is 5.91 Å². The average Bonchev–Trinajstić information content (AvgIpc) is 3.56. The molecule has 5 rings (SSSR count). The zero-order chi connectivity index (χ0) is 26.4. The molecule has 3 N–H and O–H groups in total. The average molecular weight is 506 g/mol. The molecule has 1 aliphatic carbocycles. The van der Waals surface area contributed by atoms with E-state index in [9.17, 15) is 14.7 Å². The summed E-state index contributed by atoms with van der Waals surface area (Å²) in [5.74, 6) is 0.699. The predicted molar refractivity (Wildman–Crippen MR) is 142 cm³/mol. The summed E-state index contributed by atoms with van der Waals surface area (Å²) in [5.41, 5.74) is 2.59. The summed E-state index contributed by atoms with van der Waals surface area (Å²) in [6.07, 6.45) is 2.97. The summed E-state index contributed by atoms with van der Waals surface area (Å²) in [6, 6.07) is 13.2. The number of nitrogens with zero attached hydrogens (tertiary/aromatic N) is 1. The minimum atomic E-state index is -0.621. The lowest BCUT2D eigenvalue weighted by Gasteiger charge is -2.33. The molecule has 2 aliphatic rings. The van der Waals surface area contributed by atoms with E-state index in [1.54, 1.807) is 17.0 Å². The van der Waals surface area contributed by atoms with Crippen molar-refractivity contribution in [3.05, 3.63) is 53.7 Å². The molecule has 2 amide bonds. The van der Waals surface area contributed by atoms with Crippen LogP contribution in [0.15, 0.2) is 42.5 Å². The molecule has 2 fully saturated rings. The number of aromatic hydroxyl groups is 1. The fourth-order valence-electron chi connectivity index (χ4n) is 5.16. The molecule has 1 saturated heterocycles. The second kappa shape index (κ2) is 9.32. The smallest absolute Gasteiger partial charge is 0.410 e. The number of phenolic OH excluding ortho intramolecular Hbond substituents is 1. The molecule has 0 bridgehead atoms. The highest BCUT2D eigenvalue weighted by molar-refractivity contribution is 6.02. The molecule has 196 valence electrons. The number of H-pyrrole nitrogens is 1. The van der Waals surface area contributed by atoms with E-state index in [0.717, 1.165) is 53.5 Å². The van der Waals surface area contributed by atoms with Crippen molar-refractivity contribution in [3.63, 3.8) is 0 Å². The molecule has 1 saturated carbocycles. The number of methoxy groups -OCH3 is 1. The number of benzene rings is 2. The largest absolute Gasteiger partial charge is 0.504 e. The Balaban J connectivity index is 1.25. The Morgan fingerprint density at radius 2 is 1.81 bits per heavy atom. The molecule has 1 aliphatic heterocycles. The molecule has 3 aromatic rings. The fraction of sp³-hybridized carbons (Fsp3) is 0.448. The number of rotatable bonds is 5. The monoisotopic (exact) mass is 505 g/mol. The second-order valence-electron chi connectivity index (χ2n) is 11.2. The third kappa shape index (κ3) is 5.10. The number of piperidine rings is 1. The van der Waals surface area contributed by atoms with Crippen LogP contribution in [0.3, 0.4) is 0 Å². The van der Waals surface area contributed by atoms with Gasteiger partial charge in [-0.2, -0.15) is 0 Å². The number of hydrogen-bond donors (Lipinski definition) is 3. The van der Waals surface area contributed by atoms with E-state index in [2.05, 4.69) is 16.4 Å². The van der Waals surface area contributed by atoms with Crippen LogP contribution in [-0.4, -0.2) is 52.8 Å². The Bertz CT molecular complexity index is 1330. The molecule has 0 spiro atoms. The van der Waals surface area contributed by atoms with Gasteiger partial charge in [-0.3, -0.25) is 4.79 Å². The molecular weight excluding hydrogens is 470 g/mol. The number of fused-ring (bicyclic) bond motifs is 1. The first kappa shape index (κ1) is 25.0. The number of phenols is 1. The van der Waals surface area contributed by atoms with E-state index in [1.165, 1.54) is 7.11 Å². The van der Waals surface area contributed by atoms with Gasteiger partial charge >= 0.3 is 6.09 Å². The van der Waals surface area contributed by atoms with E-state index in [-0.39, 0.29) is 17.7 Å². The van der Waals surface area contributed by atoms with Crippen LogP contribution in [0.4, 0.5) is 10.5 Å². The van der Waals surface area contributed by atoms with Crippen LogP contribution in [0.1, 0.15) is 63.6 Å². The molecule has 0 unspecified atom stereocenters. The maximum atomic E-state index is 13.2.